The molecule has 0 bridgehead atoms. The van der Waals surface area contributed by atoms with Crippen molar-refractivity contribution in [2.75, 3.05) is 32.1 Å². The summed E-state index contributed by atoms with van der Waals surface area (Å²) in [6.45, 7) is 10.8. The summed E-state index contributed by atoms with van der Waals surface area (Å²) in [5.41, 5.74) is 6.61. The van der Waals surface area contributed by atoms with Gasteiger partial charge in [-0.3, -0.25) is 19.6 Å². The Morgan fingerprint density at radius 3 is 2.54 bits per heavy atom. The van der Waals surface area contributed by atoms with Crippen LogP contribution in [0.15, 0.2) is 60.9 Å². The minimum Gasteiger partial charge on any atom is -0.481 e. The van der Waals surface area contributed by atoms with Crippen LogP contribution >= 0.6 is 0 Å². The second kappa shape index (κ2) is 16.7. The van der Waals surface area contributed by atoms with E-state index in [1.54, 1.807) is 30.5 Å². The number of aromatic nitrogens is 3. The molecule has 13 heteroatoms. The van der Waals surface area contributed by atoms with Crippen molar-refractivity contribution in [3.05, 3.63) is 88.9 Å². The van der Waals surface area contributed by atoms with E-state index in [2.05, 4.69) is 20.9 Å². The number of rotatable bonds is 13. The van der Waals surface area contributed by atoms with Crippen LogP contribution in [-0.2, 0) is 22.6 Å². The van der Waals surface area contributed by atoms with Gasteiger partial charge in [-0.2, -0.15) is 0 Å². The van der Waals surface area contributed by atoms with E-state index in [1.807, 2.05) is 77.1 Å². The molecular formula is C39H47N7O6. The predicted octanol–water partition coefficient (Wildman–Crippen LogP) is 5.18. The van der Waals surface area contributed by atoms with E-state index in [4.69, 9.17) is 24.5 Å². The molecule has 274 valence electrons. The highest BCUT2D eigenvalue weighted by Crippen LogP contribution is 2.35. The molecule has 0 spiro atoms. The number of amides is 3. The molecule has 13 nitrogen and oxygen atoms in total. The van der Waals surface area contributed by atoms with Gasteiger partial charge >= 0.3 is 6.09 Å². The van der Waals surface area contributed by atoms with Gasteiger partial charge in [-0.25, -0.2) is 9.78 Å². The average Bonchev–Trinajstić information content (AvgIpc) is 3.53. The van der Waals surface area contributed by atoms with E-state index in [1.165, 1.54) is 0 Å². The number of pyridine rings is 3. The molecule has 3 amide bonds. The van der Waals surface area contributed by atoms with Crippen molar-refractivity contribution in [2.24, 2.45) is 0 Å². The number of nitrogens with one attached hydrogen (secondary N) is 3. The van der Waals surface area contributed by atoms with Gasteiger partial charge in [0.1, 0.15) is 11.3 Å². The molecule has 1 aromatic carbocycles. The highest BCUT2D eigenvalue weighted by Gasteiger charge is 2.29. The number of hydrogen-bond acceptors (Lipinski definition) is 10. The van der Waals surface area contributed by atoms with Crippen molar-refractivity contribution in [1.29, 1.82) is 0 Å². The maximum absolute atomic E-state index is 13.3. The van der Waals surface area contributed by atoms with Crippen LogP contribution < -0.4 is 20.7 Å². The van der Waals surface area contributed by atoms with Crippen LogP contribution in [0, 0.1) is 13.8 Å². The van der Waals surface area contributed by atoms with Crippen LogP contribution in [0.5, 0.6) is 5.88 Å². The first-order valence-corrected chi connectivity index (χ1v) is 17.3. The Kier molecular flexibility index (Phi) is 12.2. The van der Waals surface area contributed by atoms with Crippen molar-refractivity contribution in [3.8, 4) is 28.4 Å². The number of methoxy groups -OCH3 is 1. The third kappa shape index (κ3) is 9.47. The fourth-order valence-electron chi connectivity index (χ4n) is 6.05. The number of anilines is 1. The van der Waals surface area contributed by atoms with Crippen LogP contribution in [0.4, 0.5) is 10.5 Å². The molecule has 4 N–H and O–H groups in total. The van der Waals surface area contributed by atoms with Gasteiger partial charge in [0.2, 0.25) is 11.8 Å². The molecule has 3 aromatic heterocycles. The lowest BCUT2D eigenvalue weighted by molar-refractivity contribution is -0.119. The Morgan fingerprint density at radius 2 is 1.83 bits per heavy atom. The number of aliphatic hydroxyl groups excluding tert-OH is 1. The Bertz CT molecular complexity index is 1930. The van der Waals surface area contributed by atoms with Crippen LogP contribution in [-0.4, -0.2) is 81.3 Å². The zero-order chi connectivity index (χ0) is 37.4. The number of ether oxygens (including phenoxy) is 2. The Hall–Kier alpha value is -5.40. The molecular weight excluding hydrogens is 662 g/mol. The summed E-state index contributed by atoms with van der Waals surface area (Å²) in [4.78, 5) is 53.8. The first-order chi connectivity index (χ1) is 24.9. The number of carbonyl (C=O) groups is 3. The maximum atomic E-state index is 13.3. The number of carbonyl (C=O) groups excluding carboxylic acids is 3. The largest absolute Gasteiger partial charge is 0.481 e. The molecule has 4 aromatic rings. The highest BCUT2D eigenvalue weighted by molar-refractivity contribution is 6.04. The Labute approximate surface area is 304 Å². The van der Waals surface area contributed by atoms with Gasteiger partial charge in [0.05, 0.1) is 31.6 Å². The zero-order valence-corrected chi connectivity index (χ0v) is 30.6. The van der Waals surface area contributed by atoms with Gasteiger partial charge in [-0.1, -0.05) is 12.1 Å². The summed E-state index contributed by atoms with van der Waals surface area (Å²) in [6, 6.07) is 14.7. The smallest absolute Gasteiger partial charge is 0.410 e. The first-order valence-electron chi connectivity index (χ1n) is 17.3. The number of benzene rings is 1. The van der Waals surface area contributed by atoms with Crippen LogP contribution in [0.25, 0.3) is 22.5 Å². The predicted molar refractivity (Wildman–Crippen MR) is 198 cm³/mol. The third-order valence-corrected chi connectivity index (χ3v) is 8.66. The highest BCUT2D eigenvalue weighted by atomic mass is 16.6. The molecule has 1 saturated heterocycles. The second-order valence-electron chi connectivity index (χ2n) is 13.7. The van der Waals surface area contributed by atoms with E-state index in [0.29, 0.717) is 55.3 Å². The fourth-order valence-corrected chi connectivity index (χ4v) is 6.05. The van der Waals surface area contributed by atoms with Gasteiger partial charge in [-0.05, 0) is 94.1 Å². The molecule has 1 aliphatic rings. The van der Waals surface area contributed by atoms with E-state index in [9.17, 15) is 14.4 Å². The monoisotopic (exact) mass is 709 g/mol. The fraction of sp³-hybridized carbons (Fsp3) is 0.385. The van der Waals surface area contributed by atoms with Gasteiger partial charge in [0, 0.05) is 66.9 Å². The lowest BCUT2D eigenvalue weighted by Crippen LogP contribution is -2.43. The molecule has 1 atom stereocenters. The molecule has 0 saturated carbocycles. The SMILES string of the molecule is COc1nc(-c2ccnc(-c3cccc(NC(=O)c4cc(CNCCO)ccn4)c3C)c2C)ccc1CN(C[C@@H]1CCC(=O)N1)C(=O)OC(C)(C)C. The number of aliphatic hydroxyl groups is 1. The van der Waals surface area contributed by atoms with Gasteiger partial charge in [0.25, 0.3) is 5.91 Å². The van der Waals surface area contributed by atoms with Crippen LogP contribution in [0.3, 0.4) is 0 Å². The quantitative estimate of drug-likeness (QED) is 0.136. The van der Waals surface area contributed by atoms with Gasteiger partial charge in [0.15, 0.2) is 0 Å². The first kappa shape index (κ1) is 37.8. The second-order valence-corrected chi connectivity index (χ2v) is 13.7. The number of nitrogens with zero attached hydrogens (tertiary/aromatic N) is 4. The number of hydrogen-bond donors (Lipinski definition) is 4. The molecule has 0 radical (unpaired) electrons. The topological polar surface area (TPSA) is 168 Å². The minimum atomic E-state index is -0.692. The summed E-state index contributed by atoms with van der Waals surface area (Å²) in [5, 5.41) is 18.1. The maximum Gasteiger partial charge on any atom is 0.410 e. The van der Waals surface area contributed by atoms with E-state index < -0.39 is 11.7 Å². The lowest BCUT2D eigenvalue weighted by atomic mass is 9.96. The van der Waals surface area contributed by atoms with Crippen molar-refractivity contribution < 1.29 is 29.0 Å². The van der Waals surface area contributed by atoms with Crippen molar-refractivity contribution >= 4 is 23.6 Å². The lowest BCUT2D eigenvalue weighted by Gasteiger charge is -2.29. The van der Waals surface area contributed by atoms with Crippen molar-refractivity contribution in [3.63, 3.8) is 0 Å². The summed E-state index contributed by atoms with van der Waals surface area (Å²) in [5.74, 6) is -0.00141. The average molecular weight is 710 g/mol. The Balaban J connectivity index is 1.38. The summed E-state index contributed by atoms with van der Waals surface area (Å²) < 4.78 is 11.4. The molecule has 52 heavy (non-hydrogen) atoms. The van der Waals surface area contributed by atoms with Crippen LogP contribution in [0.2, 0.25) is 0 Å². The van der Waals surface area contributed by atoms with Crippen molar-refractivity contribution in [2.45, 2.75) is 72.2 Å². The summed E-state index contributed by atoms with van der Waals surface area (Å²) in [7, 11) is 1.54. The summed E-state index contributed by atoms with van der Waals surface area (Å²) >= 11 is 0. The molecule has 1 aliphatic heterocycles. The Morgan fingerprint density at radius 1 is 1.04 bits per heavy atom. The summed E-state index contributed by atoms with van der Waals surface area (Å²) in [6.07, 6.45) is 3.90. The third-order valence-electron chi connectivity index (χ3n) is 8.66. The normalized spacial score (nSPS) is 14.1. The standard InChI is InChI=1S/C39H47N7O6/c1-24-30(8-7-9-31(24)44-36(49)33-20-26(14-16-41-33)21-40-18-19-47)35-25(2)29(15-17-42-35)32-12-10-27(37(45-32)51-6)22-46(38(50)52-39(3,4)5)23-28-11-13-34(48)43-28/h7-10,12,14-17,20,28,40,47H,11,13,18-19,21-23H2,1-6H3,(H,43,48)(H,44,49)/t28-/m0/s1. The molecule has 4 heterocycles. The van der Waals surface area contributed by atoms with E-state index in [0.717, 1.165) is 33.5 Å². The zero-order valence-electron chi connectivity index (χ0n) is 30.6. The minimum absolute atomic E-state index is 0.0286. The molecule has 0 aliphatic carbocycles. The molecule has 1 fully saturated rings. The van der Waals surface area contributed by atoms with Gasteiger partial charge < -0.3 is 35.4 Å². The van der Waals surface area contributed by atoms with Crippen LogP contribution in [0.1, 0.15) is 66.4 Å². The molecule has 0 unspecified atom stereocenters. The molecule has 5 rings (SSSR count). The van der Waals surface area contributed by atoms with E-state index in [-0.39, 0.29) is 36.7 Å². The van der Waals surface area contributed by atoms with E-state index >= 15 is 0 Å². The van der Waals surface area contributed by atoms with Crippen molar-refractivity contribution in [1.82, 2.24) is 30.5 Å². The van der Waals surface area contributed by atoms with Gasteiger partial charge in [-0.15, -0.1) is 0 Å².